The molecule has 134 valence electrons. The molecular weight excluding hydrogens is 314 g/mol. The predicted molar refractivity (Wildman–Crippen MR) is 97.1 cm³/mol. The third kappa shape index (κ3) is 4.81. The molecule has 3 rings (SSSR count). The number of aromatic nitrogens is 3. The maximum atomic E-state index is 12.0. The van der Waals surface area contributed by atoms with Gasteiger partial charge in [0.2, 0.25) is 0 Å². The minimum absolute atomic E-state index is 0.129. The van der Waals surface area contributed by atoms with Crippen molar-refractivity contribution in [3.05, 3.63) is 48.0 Å². The molecule has 0 atom stereocenters. The molecular formula is C19H27N5O. The van der Waals surface area contributed by atoms with Crippen LogP contribution in [-0.2, 0) is 13.1 Å². The number of aryl methyl sites for hydroxylation is 1. The average Bonchev–Trinajstić information content (AvgIpc) is 3.13. The van der Waals surface area contributed by atoms with Gasteiger partial charge >= 0.3 is 6.03 Å². The van der Waals surface area contributed by atoms with Crippen molar-refractivity contribution in [2.75, 3.05) is 6.54 Å². The van der Waals surface area contributed by atoms with Gasteiger partial charge in [-0.1, -0.05) is 30.3 Å². The third-order valence-corrected chi connectivity index (χ3v) is 5.11. The van der Waals surface area contributed by atoms with Crippen molar-refractivity contribution >= 4 is 6.03 Å². The number of carbonyl (C=O) groups is 1. The fraction of sp³-hybridized carbons (Fsp3) is 0.526. The van der Waals surface area contributed by atoms with E-state index < -0.39 is 0 Å². The minimum Gasteiger partial charge on any atom is -0.338 e. The summed E-state index contributed by atoms with van der Waals surface area (Å²) in [6.07, 6.45) is 6.43. The van der Waals surface area contributed by atoms with Crippen molar-refractivity contribution in [2.24, 2.45) is 5.92 Å². The highest BCUT2D eigenvalue weighted by Crippen LogP contribution is 2.35. The number of nitrogens with zero attached hydrogens (tertiary/aromatic N) is 3. The lowest BCUT2D eigenvalue weighted by Crippen LogP contribution is -2.39. The first kappa shape index (κ1) is 17.5. The molecule has 1 aliphatic rings. The first-order valence-electron chi connectivity index (χ1n) is 9.19. The van der Waals surface area contributed by atoms with Crippen LogP contribution in [0.4, 0.5) is 4.79 Å². The zero-order valence-corrected chi connectivity index (χ0v) is 14.8. The Morgan fingerprint density at radius 3 is 2.64 bits per heavy atom. The summed E-state index contributed by atoms with van der Waals surface area (Å²) in [6, 6.07) is 10.6. The molecule has 6 nitrogen and oxygen atoms in total. The lowest BCUT2D eigenvalue weighted by Gasteiger charge is -2.29. The summed E-state index contributed by atoms with van der Waals surface area (Å²) < 4.78 is 1.92. The SMILES string of the molecule is CCn1cnnc1CNC(=O)NCC1CCC(c2ccccc2)CC1. The molecule has 0 spiro atoms. The van der Waals surface area contributed by atoms with Crippen LogP contribution in [0, 0.1) is 5.92 Å². The highest BCUT2D eigenvalue weighted by atomic mass is 16.2. The molecule has 2 amide bonds. The highest BCUT2D eigenvalue weighted by Gasteiger charge is 2.22. The van der Waals surface area contributed by atoms with Gasteiger partial charge in [-0.3, -0.25) is 0 Å². The Kier molecular flexibility index (Phi) is 6.04. The largest absolute Gasteiger partial charge is 0.338 e. The topological polar surface area (TPSA) is 71.8 Å². The van der Waals surface area contributed by atoms with E-state index in [9.17, 15) is 4.79 Å². The van der Waals surface area contributed by atoms with Gasteiger partial charge in [0.1, 0.15) is 6.33 Å². The molecule has 1 aromatic heterocycles. The number of rotatable bonds is 6. The molecule has 0 unspecified atom stereocenters. The summed E-state index contributed by atoms with van der Waals surface area (Å²) in [4.78, 5) is 12.0. The molecule has 2 aromatic rings. The zero-order valence-electron chi connectivity index (χ0n) is 14.8. The van der Waals surface area contributed by atoms with Gasteiger partial charge in [0, 0.05) is 13.1 Å². The molecule has 25 heavy (non-hydrogen) atoms. The monoisotopic (exact) mass is 341 g/mol. The Balaban J connectivity index is 1.36. The van der Waals surface area contributed by atoms with E-state index in [0.29, 0.717) is 18.4 Å². The number of amides is 2. The van der Waals surface area contributed by atoms with Crippen LogP contribution in [0.3, 0.4) is 0 Å². The van der Waals surface area contributed by atoms with Crippen molar-refractivity contribution in [2.45, 2.75) is 51.6 Å². The molecule has 0 radical (unpaired) electrons. The molecule has 0 bridgehead atoms. The second-order valence-electron chi connectivity index (χ2n) is 6.73. The van der Waals surface area contributed by atoms with Crippen molar-refractivity contribution < 1.29 is 4.79 Å². The molecule has 1 aromatic carbocycles. The molecule has 6 heteroatoms. The number of hydrogen-bond donors (Lipinski definition) is 2. The Labute approximate surface area is 149 Å². The number of carbonyl (C=O) groups excluding carboxylic acids is 1. The Hall–Kier alpha value is -2.37. The van der Waals surface area contributed by atoms with E-state index in [0.717, 1.165) is 18.9 Å². The Morgan fingerprint density at radius 2 is 1.92 bits per heavy atom. The summed E-state index contributed by atoms with van der Waals surface area (Å²) in [5.74, 6) is 2.03. The molecule has 0 aliphatic heterocycles. The molecule has 2 N–H and O–H groups in total. The fourth-order valence-corrected chi connectivity index (χ4v) is 3.56. The number of nitrogens with one attached hydrogen (secondary N) is 2. The van der Waals surface area contributed by atoms with Crippen LogP contribution < -0.4 is 10.6 Å². The normalized spacial score (nSPS) is 20.2. The number of benzene rings is 1. The lowest BCUT2D eigenvalue weighted by atomic mass is 9.79. The maximum absolute atomic E-state index is 12.0. The molecule has 1 fully saturated rings. The fourth-order valence-electron chi connectivity index (χ4n) is 3.56. The first-order chi connectivity index (χ1) is 12.3. The maximum Gasteiger partial charge on any atom is 0.315 e. The van der Waals surface area contributed by atoms with Crippen molar-refractivity contribution in [3.63, 3.8) is 0 Å². The quantitative estimate of drug-likeness (QED) is 0.848. The molecule has 1 heterocycles. The average molecular weight is 341 g/mol. The number of hydrogen-bond acceptors (Lipinski definition) is 3. The summed E-state index contributed by atoms with van der Waals surface area (Å²) in [7, 11) is 0. The van der Waals surface area contributed by atoms with Gasteiger partial charge in [-0.05, 0) is 50.0 Å². The van der Waals surface area contributed by atoms with E-state index in [-0.39, 0.29) is 6.03 Å². The summed E-state index contributed by atoms with van der Waals surface area (Å²) in [6.45, 7) is 3.98. The van der Waals surface area contributed by atoms with Crippen LogP contribution in [-0.4, -0.2) is 27.3 Å². The van der Waals surface area contributed by atoms with Crippen molar-refractivity contribution in [3.8, 4) is 0 Å². The van der Waals surface area contributed by atoms with E-state index >= 15 is 0 Å². The van der Waals surface area contributed by atoms with Crippen LogP contribution in [0.2, 0.25) is 0 Å². The zero-order chi connectivity index (χ0) is 17.5. The smallest absolute Gasteiger partial charge is 0.315 e. The van der Waals surface area contributed by atoms with Crippen LogP contribution in [0.25, 0.3) is 0 Å². The van der Waals surface area contributed by atoms with Crippen LogP contribution >= 0.6 is 0 Å². The van der Waals surface area contributed by atoms with Gasteiger partial charge < -0.3 is 15.2 Å². The van der Waals surface area contributed by atoms with Crippen LogP contribution in [0.15, 0.2) is 36.7 Å². The first-order valence-corrected chi connectivity index (χ1v) is 9.19. The van der Waals surface area contributed by atoms with E-state index in [1.54, 1.807) is 6.33 Å². The lowest BCUT2D eigenvalue weighted by molar-refractivity contribution is 0.234. The van der Waals surface area contributed by atoms with Gasteiger partial charge in [0.25, 0.3) is 0 Å². The van der Waals surface area contributed by atoms with Gasteiger partial charge in [-0.2, -0.15) is 0 Å². The van der Waals surface area contributed by atoms with Gasteiger partial charge in [0.15, 0.2) is 5.82 Å². The van der Waals surface area contributed by atoms with E-state index in [2.05, 4.69) is 51.2 Å². The highest BCUT2D eigenvalue weighted by molar-refractivity contribution is 5.73. The van der Waals surface area contributed by atoms with E-state index in [4.69, 9.17) is 0 Å². The molecule has 1 aliphatic carbocycles. The predicted octanol–water partition coefficient (Wildman–Crippen LogP) is 3.07. The van der Waals surface area contributed by atoms with Crippen molar-refractivity contribution in [1.82, 2.24) is 25.4 Å². The second-order valence-corrected chi connectivity index (χ2v) is 6.73. The number of urea groups is 1. The minimum atomic E-state index is -0.129. The van der Waals surface area contributed by atoms with Crippen LogP contribution in [0.1, 0.15) is 49.9 Å². The van der Waals surface area contributed by atoms with Crippen molar-refractivity contribution in [1.29, 1.82) is 0 Å². The van der Waals surface area contributed by atoms with E-state index in [1.807, 2.05) is 11.5 Å². The van der Waals surface area contributed by atoms with Crippen LogP contribution in [0.5, 0.6) is 0 Å². The summed E-state index contributed by atoms with van der Waals surface area (Å²) >= 11 is 0. The summed E-state index contributed by atoms with van der Waals surface area (Å²) in [5, 5.41) is 13.7. The third-order valence-electron chi connectivity index (χ3n) is 5.11. The van der Waals surface area contributed by atoms with Gasteiger partial charge in [-0.15, -0.1) is 10.2 Å². The summed E-state index contributed by atoms with van der Waals surface area (Å²) in [5.41, 5.74) is 1.45. The Bertz CT molecular complexity index is 661. The van der Waals surface area contributed by atoms with E-state index in [1.165, 1.54) is 31.2 Å². The van der Waals surface area contributed by atoms with Gasteiger partial charge in [-0.25, -0.2) is 4.79 Å². The molecule has 1 saturated carbocycles. The van der Waals surface area contributed by atoms with Gasteiger partial charge in [0.05, 0.1) is 6.54 Å². The standard InChI is InChI=1S/C19H27N5O/c1-2-24-14-22-23-18(24)13-21-19(25)20-12-15-8-10-17(11-9-15)16-6-4-3-5-7-16/h3-7,14-15,17H,2,8-13H2,1H3,(H2,20,21,25). The second kappa shape index (κ2) is 8.65. The Morgan fingerprint density at radius 1 is 1.16 bits per heavy atom. The molecule has 0 saturated heterocycles.